The van der Waals surface area contributed by atoms with E-state index in [1.165, 1.54) is 0 Å². The first-order valence-corrected chi connectivity index (χ1v) is 8.16. The molecule has 2 unspecified atom stereocenters. The van der Waals surface area contributed by atoms with Crippen LogP contribution in [0.15, 0.2) is 4.52 Å². The van der Waals surface area contributed by atoms with Gasteiger partial charge in [0.2, 0.25) is 5.89 Å². The van der Waals surface area contributed by atoms with E-state index in [0.29, 0.717) is 6.04 Å². The molecule has 1 saturated heterocycles. The highest BCUT2D eigenvalue weighted by atomic mass is 16.5. The molecule has 2 heterocycles. The van der Waals surface area contributed by atoms with Gasteiger partial charge in [-0.25, -0.2) is 0 Å². The van der Waals surface area contributed by atoms with E-state index < -0.39 is 0 Å². The molecule has 2 rings (SSSR count). The first-order valence-electron chi connectivity index (χ1n) is 8.16. The molecule has 0 bridgehead atoms. The Kier molecular flexibility index (Phi) is 5.99. The topological polar surface area (TPSA) is 57.4 Å². The smallest absolute Gasteiger partial charge is 0.266 e. The van der Waals surface area contributed by atoms with Gasteiger partial charge in [-0.2, -0.15) is 4.98 Å². The van der Waals surface area contributed by atoms with Crippen LogP contribution in [0.3, 0.4) is 0 Å². The van der Waals surface area contributed by atoms with E-state index in [4.69, 9.17) is 4.52 Å². The van der Waals surface area contributed by atoms with Crippen molar-refractivity contribution in [3.8, 4) is 0 Å². The molecule has 1 aromatic heterocycles. The first kappa shape index (κ1) is 16.2. The van der Waals surface area contributed by atoms with Crippen LogP contribution >= 0.6 is 0 Å². The van der Waals surface area contributed by atoms with Crippen molar-refractivity contribution in [2.45, 2.75) is 45.6 Å². The fourth-order valence-electron chi connectivity index (χ4n) is 2.72. The summed E-state index contributed by atoms with van der Waals surface area (Å²) in [4.78, 5) is 9.16. The Bertz CT molecular complexity index is 414. The average Bonchev–Trinajstić information content (AvgIpc) is 2.98. The molecule has 0 aliphatic carbocycles. The standard InChI is InChI=1S/C15H29N5O/c1-5-7-16-13(6-2)12(3)14-17-15(18-21-14)20-10-8-19(4)9-11-20/h12-13,16H,5-11H2,1-4H3. The number of likely N-dealkylation sites (N-methyl/N-ethyl adjacent to an activating group) is 1. The second-order valence-electron chi connectivity index (χ2n) is 5.98. The van der Waals surface area contributed by atoms with Crippen LogP contribution in [0.25, 0.3) is 0 Å². The van der Waals surface area contributed by atoms with E-state index >= 15 is 0 Å². The third-order valence-corrected chi connectivity index (χ3v) is 4.31. The second kappa shape index (κ2) is 7.75. The minimum Gasteiger partial charge on any atom is -0.337 e. The third kappa shape index (κ3) is 4.17. The summed E-state index contributed by atoms with van der Waals surface area (Å²) in [5.41, 5.74) is 0. The molecule has 1 aliphatic rings. The molecule has 0 spiro atoms. The van der Waals surface area contributed by atoms with E-state index in [-0.39, 0.29) is 5.92 Å². The number of aromatic nitrogens is 2. The van der Waals surface area contributed by atoms with E-state index in [1.54, 1.807) is 0 Å². The number of nitrogens with one attached hydrogen (secondary N) is 1. The Morgan fingerprint density at radius 3 is 2.57 bits per heavy atom. The molecular weight excluding hydrogens is 266 g/mol. The zero-order valence-corrected chi connectivity index (χ0v) is 13.8. The molecule has 21 heavy (non-hydrogen) atoms. The molecule has 120 valence electrons. The van der Waals surface area contributed by atoms with Gasteiger partial charge in [-0.1, -0.05) is 20.8 Å². The minimum absolute atomic E-state index is 0.246. The fraction of sp³-hybridized carbons (Fsp3) is 0.867. The molecule has 6 nitrogen and oxygen atoms in total. The normalized spacial score (nSPS) is 19.7. The monoisotopic (exact) mass is 295 g/mol. The van der Waals surface area contributed by atoms with Gasteiger partial charge in [-0.3, -0.25) is 0 Å². The SMILES string of the molecule is CCCNC(CC)C(C)c1nc(N2CCN(C)CC2)no1. The quantitative estimate of drug-likeness (QED) is 0.826. The molecule has 0 radical (unpaired) electrons. The van der Waals surface area contributed by atoms with Crippen molar-refractivity contribution in [2.75, 3.05) is 44.7 Å². The minimum atomic E-state index is 0.246. The number of piperazine rings is 1. The number of nitrogens with zero attached hydrogens (tertiary/aromatic N) is 4. The van der Waals surface area contributed by atoms with Crippen LogP contribution in [0.1, 0.15) is 45.4 Å². The summed E-state index contributed by atoms with van der Waals surface area (Å²) in [6.45, 7) is 11.6. The maximum atomic E-state index is 5.51. The molecule has 6 heteroatoms. The summed E-state index contributed by atoms with van der Waals surface area (Å²) in [7, 11) is 2.15. The van der Waals surface area contributed by atoms with Gasteiger partial charge in [0, 0.05) is 32.2 Å². The van der Waals surface area contributed by atoms with Gasteiger partial charge in [0.05, 0.1) is 5.92 Å². The van der Waals surface area contributed by atoms with Crippen LogP contribution in [-0.2, 0) is 0 Å². The van der Waals surface area contributed by atoms with E-state index in [9.17, 15) is 0 Å². The number of anilines is 1. The van der Waals surface area contributed by atoms with E-state index in [1.807, 2.05) is 0 Å². The summed E-state index contributed by atoms with van der Waals surface area (Å²) in [6.07, 6.45) is 2.20. The highest BCUT2D eigenvalue weighted by Gasteiger charge is 2.25. The first-order chi connectivity index (χ1) is 10.2. The van der Waals surface area contributed by atoms with Crippen molar-refractivity contribution >= 4 is 5.95 Å². The molecule has 0 aromatic carbocycles. The maximum Gasteiger partial charge on any atom is 0.266 e. The van der Waals surface area contributed by atoms with Gasteiger partial charge in [0.15, 0.2) is 0 Å². The molecule has 1 fully saturated rings. The van der Waals surface area contributed by atoms with Crippen LogP contribution in [0.5, 0.6) is 0 Å². The lowest BCUT2D eigenvalue weighted by atomic mass is 9.99. The van der Waals surface area contributed by atoms with Crippen LogP contribution in [0.2, 0.25) is 0 Å². The highest BCUT2D eigenvalue weighted by molar-refractivity contribution is 5.29. The Balaban J connectivity index is 1.97. The van der Waals surface area contributed by atoms with Crippen molar-refractivity contribution < 1.29 is 4.52 Å². The van der Waals surface area contributed by atoms with Crippen LogP contribution < -0.4 is 10.2 Å². The van der Waals surface area contributed by atoms with Crippen LogP contribution in [-0.4, -0.2) is 60.9 Å². The Hall–Kier alpha value is -1.14. The van der Waals surface area contributed by atoms with Gasteiger partial charge in [0.25, 0.3) is 5.95 Å². The average molecular weight is 295 g/mol. The summed E-state index contributed by atoms with van der Waals surface area (Å²) in [5.74, 6) is 1.74. The molecule has 1 aromatic rings. The largest absolute Gasteiger partial charge is 0.337 e. The predicted molar refractivity (Wildman–Crippen MR) is 84.8 cm³/mol. The molecule has 1 aliphatic heterocycles. The van der Waals surface area contributed by atoms with Gasteiger partial charge >= 0.3 is 0 Å². The zero-order chi connectivity index (χ0) is 15.2. The Morgan fingerprint density at radius 1 is 1.24 bits per heavy atom. The molecule has 2 atom stereocenters. The van der Waals surface area contributed by atoms with Gasteiger partial charge in [0.1, 0.15) is 0 Å². The maximum absolute atomic E-state index is 5.51. The molecule has 0 amide bonds. The van der Waals surface area contributed by atoms with Gasteiger partial charge in [-0.15, -0.1) is 0 Å². The molecular formula is C15H29N5O. The van der Waals surface area contributed by atoms with Crippen LogP contribution in [0, 0.1) is 0 Å². The van der Waals surface area contributed by atoms with Crippen molar-refractivity contribution in [2.24, 2.45) is 0 Å². The summed E-state index contributed by atoms with van der Waals surface area (Å²) >= 11 is 0. The third-order valence-electron chi connectivity index (χ3n) is 4.31. The van der Waals surface area contributed by atoms with Gasteiger partial charge in [-0.05, 0) is 31.6 Å². The lowest BCUT2D eigenvalue weighted by molar-refractivity contribution is 0.305. The zero-order valence-electron chi connectivity index (χ0n) is 13.8. The lowest BCUT2D eigenvalue weighted by Gasteiger charge is -2.31. The van der Waals surface area contributed by atoms with Crippen molar-refractivity contribution in [1.29, 1.82) is 0 Å². The van der Waals surface area contributed by atoms with Crippen molar-refractivity contribution in [3.63, 3.8) is 0 Å². The van der Waals surface area contributed by atoms with E-state index in [2.05, 4.69) is 53.1 Å². The number of hydrogen-bond donors (Lipinski definition) is 1. The second-order valence-corrected chi connectivity index (χ2v) is 5.98. The van der Waals surface area contributed by atoms with Crippen LogP contribution in [0.4, 0.5) is 5.95 Å². The number of rotatable bonds is 7. The van der Waals surface area contributed by atoms with Crippen molar-refractivity contribution in [3.05, 3.63) is 5.89 Å². The summed E-state index contributed by atoms with van der Waals surface area (Å²) in [5, 5.41) is 7.74. The predicted octanol–water partition coefficient (Wildman–Crippen LogP) is 1.70. The Labute approximate surface area is 127 Å². The fourth-order valence-corrected chi connectivity index (χ4v) is 2.72. The molecule has 0 saturated carbocycles. The lowest BCUT2D eigenvalue weighted by Crippen LogP contribution is -2.45. The van der Waals surface area contributed by atoms with Gasteiger partial charge < -0.3 is 19.6 Å². The van der Waals surface area contributed by atoms with E-state index in [0.717, 1.165) is 57.4 Å². The molecule has 1 N–H and O–H groups in total. The highest BCUT2D eigenvalue weighted by Crippen LogP contribution is 2.22. The van der Waals surface area contributed by atoms with Crippen molar-refractivity contribution in [1.82, 2.24) is 20.4 Å². The number of hydrogen-bond acceptors (Lipinski definition) is 6. The summed E-state index contributed by atoms with van der Waals surface area (Å²) < 4.78 is 5.51. The Morgan fingerprint density at radius 2 is 1.95 bits per heavy atom. The summed E-state index contributed by atoms with van der Waals surface area (Å²) in [6, 6.07) is 0.394.